The van der Waals surface area contributed by atoms with Crippen molar-refractivity contribution in [2.24, 2.45) is 0 Å². The molecule has 1 heteroatoms. The van der Waals surface area contributed by atoms with Crippen molar-refractivity contribution in [1.82, 2.24) is 0 Å². The van der Waals surface area contributed by atoms with Gasteiger partial charge in [-0.15, -0.1) is 0 Å². The summed E-state index contributed by atoms with van der Waals surface area (Å²) in [5, 5.41) is 9.21. The lowest BCUT2D eigenvalue weighted by Gasteiger charge is -2.15. The summed E-state index contributed by atoms with van der Waals surface area (Å²) in [4.78, 5) is 0. The predicted molar refractivity (Wildman–Crippen MR) is 44.7 cm³/mol. The maximum Gasteiger partial charge on any atom is 0.0620 e. The van der Waals surface area contributed by atoms with Gasteiger partial charge in [0.2, 0.25) is 0 Å². The summed E-state index contributed by atoms with van der Waals surface area (Å²) in [6, 6.07) is 0. The van der Waals surface area contributed by atoms with Crippen LogP contribution in [0.15, 0.2) is 0 Å². The van der Waals surface area contributed by atoms with E-state index in [0.717, 1.165) is 12.8 Å². The summed E-state index contributed by atoms with van der Waals surface area (Å²) >= 11 is 0. The first-order valence-electron chi connectivity index (χ1n) is 4.14. The molecule has 1 nitrogen and oxygen atoms in total. The van der Waals surface area contributed by atoms with Crippen LogP contribution in [-0.4, -0.2) is 10.7 Å². The quantitative estimate of drug-likeness (QED) is 0.586. The number of hydrogen-bond donors (Lipinski definition) is 1. The van der Waals surface area contributed by atoms with Crippen molar-refractivity contribution in [3.8, 4) is 0 Å². The minimum atomic E-state index is -0.701. The van der Waals surface area contributed by atoms with Gasteiger partial charge in [0.1, 0.15) is 0 Å². The molecule has 0 aromatic rings. The highest BCUT2D eigenvalue weighted by molar-refractivity contribution is 4.73. The van der Waals surface area contributed by atoms with Crippen LogP contribution in [0.2, 0.25) is 0 Å². The van der Waals surface area contributed by atoms with Crippen LogP contribution in [0.3, 0.4) is 0 Å². The summed E-state index contributed by atoms with van der Waals surface area (Å²) in [5.74, 6) is 0. The average Bonchev–Trinajstić information content (AvgIpc) is 1.78. The van der Waals surface area contributed by atoms with E-state index in [4.69, 9.17) is 0 Å². The smallest absolute Gasteiger partial charge is 0.0620 e. The summed E-state index contributed by atoms with van der Waals surface area (Å²) < 4.78 is 0. The number of rotatable bonds is 5. The molecule has 0 spiro atoms. The van der Waals surface area contributed by atoms with Crippen molar-refractivity contribution < 1.29 is 5.11 Å². The molecule has 0 bridgehead atoms. The number of hydrogen-bond acceptors (Lipinski definition) is 1. The lowest BCUT2D eigenvalue weighted by Crippen LogP contribution is -2.18. The first kappa shape index (κ1) is 9.96. The molecule has 1 N–H and O–H groups in total. The number of unbranched alkanes of at least 4 members (excludes halogenated alkanes) is 3. The third-order valence-corrected chi connectivity index (χ3v) is 1.57. The molecule has 0 aliphatic heterocycles. The van der Waals surface area contributed by atoms with Crippen molar-refractivity contribution in [2.45, 2.75) is 51.6 Å². The Morgan fingerprint density at radius 3 is 2.30 bits per heavy atom. The van der Waals surface area contributed by atoms with Crippen LogP contribution in [0.5, 0.6) is 0 Å². The SMILES string of the molecule is [CH2]C(C)(O)CCCCCC. The van der Waals surface area contributed by atoms with E-state index in [2.05, 4.69) is 13.8 Å². The molecular weight excluding hydrogens is 124 g/mol. The topological polar surface area (TPSA) is 20.2 Å². The third-order valence-electron chi connectivity index (χ3n) is 1.57. The zero-order chi connectivity index (χ0) is 8.04. The van der Waals surface area contributed by atoms with Crippen LogP contribution in [-0.2, 0) is 0 Å². The summed E-state index contributed by atoms with van der Waals surface area (Å²) in [6.45, 7) is 7.57. The van der Waals surface area contributed by atoms with Crippen LogP contribution in [0.1, 0.15) is 46.0 Å². The zero-order valence-corrected chi connectivity index (χ0v) is 7.19. The van der Waals surface area contributed by atoms with E-state index in [1.807, 2.05) is 0 Å². The molecule has 0 heterocycles. The van der Waals surface area contributed by atoms with Gasteiger partial charge >= 0.3 is 0 Å². The molecule has 0 saturated heterocycles. The fourth-order valence-corrected chi connectivity index (χ4v) is 0.933. The fourth-order valence-electron chi connectivity index (χ4n) is 0.933. The van der Waals surface area contributed by atoms with Gasteiger partial charge in [-0.1, -0.05) is 32.6 Å². The normalized spacial score (nSPS) is 12.0. The highest BCUT2D eigenvalue weighted by Crippen LogP contribution is 2.12. The molecular formula is C9H19O. The lowest BCUT2D eigenvalue weighted by atomic mass is 10.0. The minimum absolute atomic E-state index is 0.701. The maximum absolute atomic E-state index is 9.21. The zero-order valence-electron chi connectivity index (χ0n) is 7.19. The van der Waals surface area contributed by atoms with Crippen LogP contribution in [0.25, 0.3) is 0 Å². The minimum Gasteiger partial charge on any atom is -0.390 e. The third kappa shape index (κ3) is 7.96. The molecule has 0 aromatic heterocycles. The van der Waals surface area contributed by atoms with Crippen molar-refractivity contribution in [3.63, 3.8) is 0 Å². The molecule has 1 unspecified atom stereocenters. The van der Waals surface area contributed by atoms with E-state index in [1.165, 1.54) is 19.3 Å². The molecule has 0 aliphatic carbocycles. The highest BCUT2D eigenvalue weighted by Gasteiger charge is 2.10. The molecule has 1 radical (unpaired) electrons. The Kier molecular flexibility index (Phi) is 4.71. The first-order valence-corrected chi connectivity index (χ1v) is 4.14. The monoisotopic (exact) mass is 143 g/mol. The van der Waals surface area contributed by atoms with Gasteiger partial charge in [-0.2, -0.15) is 0 Å². The van der Waals surface area contributed by atoms with Crippen molar-refractivity contribution in [3.05, 3.63) is 6.92 Å². The fraction of sp³-hybridized carbons (Fsp3) is 0.889. The predicted octanol–water partition coefficient (Wildman–Crippen LogP) is 2.54. The molecule has 0 aromatic carbocycles. The van der Waals surface area contributed by atoms with Gasteiger partial charge in [0.25, 0.3) is 0 Å². The molecule has 1 atom stereocenters. The summed E-state index contributed by atoms with van der Waals surface area (Å²) in [6.07, 6.45) is 5.68. The van der Waals surface area contributed by atoms with Crippen LogP contribution < -0.4 is 0 Å². The van der Waals surface area contributed by atoms with Crippen LogP contribution in [0.4, 0.5) is 0 Å². The average molecular weight is 143 g/mol. The van der Waals surface area contributed by atoms with E-state index in [1.54, 1.807) is 6.92 Å². The van der Waals surface area contributed by atoms with Crippen molar-refractivity contribution in [2.75, 3.05) is 0 Å². The van der Waals surface area contributed by atoms with Gasteiger partial charge in [0.05, 0.1) is 5.60 Å². The Morgan fingerprint density at radius 2 is 1.90 bits per heavy atom. The van der Waals surface area contributed by atoms with E-state index in [0.29, 0.717) is 0 Å². The molecule has 0 aliphatic rings. The summed E-state index contributed by atoms with van der Waals surface area (Å²) in [5.41, 5.74) is -0.701. The lowest BCUT2D eigenvalue weighted by molar-refractivity contribution is 0.0955. The second kappa shape index (κ2) is 4.73. The standard InChI is InChI=1S/C9H19O/c1-4-5-6-7-8-9(2,3)10/h10H,2,4-8H2,1,3H3. The molecule has 10 heavy (non-hydrogen) atoms. The second-order valence-corrected chi connectivity index (χ2v) is 3.31. The van der Waals surface area contributed by atoms with E-state index < -0.39 is 5.60 Å². The van der Waals surface area contributed by atoms with Gasteiger partial charge in [-0.05, 0) is 20.3 Å². The number of aliphatic hydroxyl groups is 1. The Hall–Kier alpha value is -0.0400. The van der Waals surface area contributed by atoms with Gasteiger partial charge in [-0.25, -0.2) is 0 Å². The molecule has 0 rings (SSSR count). The molecule has 0 saturated carbocycles. The molecule has 0 amide bonds. The van der Waals surface area contributed by atoms with Gasteiger partial charge in [-0.3, -0.25) is 0 Å². The van der Waals surface area contributed by atoms with Crippen LogP contribution in [0, 0.1) is 6.92 Å². The first-order chi connectivity index (χ1) is 4.56. The second-order valence-electron chi connectivity index (χ2n) is 3.31. The Balaban J connectivity index is 3.04. The Labute approximate surface area is 64.5 Å². The van der Waals surface area contributed by atoms with E-state index >= 15 is 0 Å². The Morgan fingerprint density at radius 1 is 1.30 bits per heavy atom. The van der Waals surface area contributed by atoms with Crippen LogP contribution >= 0.6 is 0 Å². The van der Waals surface area contributed by atoms with Crippen molar-refractivity contribution in [1.29, 1.82) is 0 Å². The van der Waals surface area contributed by atoms with E-state index in [-0.39, 0.29) is 0 Å². The van der Waals surface area contributed by atoms with E-state index in [9.17, 15) is 5.11 Å². The highest BCUT2D eigenvalue weighted by atomic mass is 16.3. The van der Waals surface area contributed by atoms with Crippen molar-refractivity contribution >= 4 is 0 Å². The Bertz CT molecular complexity index is 71.3. The van der Waals surface area contributed by atoms with Gasteiger partial charge < -0.3 is 5.11 Å². The molecule has 0 fully saturated rings. The molecule has 61 valence electrons. The van der Waals surface area contributed by atoms with Gasteiger partial charge in [0, 0.05) is 0 Å². The largest absolute Gasteiger partial charge is 0.390 e. The van der Waals surface area contributed by atoms with Gasteiger partial charge in [0.15, 0.2) is 0 Å². The maximum atomic E-state index is 9.21. The summed E-state index contributed by atoms with van der Waals surface area (Å²) in [7, 11) is 0.